The third kappa shape index (κ3) is 2.64. The molecular formula is C14H21N3O. The first-order valence-electron chi connectivity index (χ1n) is 6.31. The largest absolute Gasteiger partial charge is 0.393 e. The molecule has 1 aromatic rings. The topological polar surface area (TPSA) is 73.3 Å². The Labute approximate surface area is 108 Å². The lowest BCUT2D eigenvalue weighted by Crippen LogP contribution is -2.37. The van der Waals surface area contributed by atoms with E-state index < -0.39 is 0 Å². The molecule has 2 rings (SSSR count). The highest BCUT2D eigenvalue weighted by molar-refractivity contribution is 5.96. The van der Waals surface area contributed by atoms with E-state index in [2.05, 4.69) is 18.0 Å². The molecular weight excluding hydrogens is 226 g/mol. The summed E-state index contributed by atoms with van der Waals surface area (Å²) in [6, 6.07) is 5.96. The molecule has 98 valence electrons. The average molecular weight is 247 g/mol. The van der Waals surface area contributed by atoms with Crippen molar-refractivity contribution in [3.8, 4) is 0 Å². The minimum atomic E-state index is -0.0924. The van der Waals surface area contributed by atoms with Gasteiger partial charge in [-0.05, 0) is 49.4 Å². The van der Waals surface area contributed by atoms with Crippen LogP contribution in [0.25, 0.3) is 0 Å². The molecule has 0 aromatic heterocycles. The molecule has 4 N–H and O–H groups in total. The second-order valence-corrected chi connectivity index (χ2v) is 5.28. The van der Waals surface area contributed by atoms with Crippen molar-refractivity contribution < 1.29 is 5.11 Å². The van der Waals surface area contributed by atoms with Gasteiger partial charge in [0.15, 0.2) is 0 Å². The lowest BCUT2D eigenvalue weighted by molar-refractivity contribution is 0.0465. The number of aryl methyl sites for hydroxylation is 1. The molecule has 0 radical (unpaired) electrons. The average Bonchev–Trinajstić information content (AvgIpc) is 2.26. The first kappa shape index (κ1) is 12.9. The van der Waals surface area contributed by atoms with E-state index in [1.165, 1.54) is 0 Å². The fourth-order valence-electron chi connectivity index (χ4n) is 2.53. The highest BCUT2D eigenvalue weighted by atomic mass is 16.3. The third-order valence-corrected chi connectivity index (χ3v) is 3.68. The summed E-state index contributed by atoms with van der Waals surface area (Å²) in [5.41, 5.74) is 8.47. The van der Waals surface area contributed by atoms with Gasteiger partial charge in [0, 0.05) is 24.8 Å². The van der Waals surface area contributed by atoms with Crippen molar-refractivity contribution in [1.82, 2.24) is 0 Å². The number of nitrogens with one attached hydrogen (secondary N) is 1. The van der Waals surface area contributed by atoms with Crippen molar-refractivity contribution in [2.75, 3.05) is 18.5 Å². The minimum Gasteiger partial charge on any atom is -0.393 e. The van der Waals surface area contributed by atoms with Crippen LogP contribution in [0.3, 0.4) is 0 Å². The number of rotatable bonds is 4. The van der Waals surface area contributed by atoms with Crippen molar-refractivity contribution >= 4 is 11.5 Å². The molecule has 0 heterocycles. The van der Waals surface area contributed by atoms with Crippen LogP contribution in [0.1, 0.15) is 24.0 Å². The highest BCUT2D eigenvalue weighted by Gasteiger charge is 2.28. The summed E-state index contributed by atoms with van der Waals surface area (Å²) >= 11 is 0. The van der Waals surface area contributed by atoms with Gasteiger partial charge in [0.05, 0.1) is 6.10 Å². The summed E-state index contributed by atoms with van der Waals surface area (Å²) in [7, 11) is 2.06. The van der Waals surface area contributed by atoms with Crippen LogP contribution in [0.2, 0.25) is 0 Å². The maximum atomic E-state index is 9.29. The molecule has 0 unspecified atom stereocenters. The molecule has 0 saturated heterocycles. The highest BCUT2D eigenvalue weighted by Crippen LogP contribution is 2.29. The van der Waals surface area contributed by atoms with E-state index in [9.17, 15) is 5.11 Å². The maximum Gasteiger partial charge on any atom is 0.123 e. The monoisotopic (exact) mass is 247 g/mol. The zero-order valence-corrected chi connectivity index (χ0v) is 11.0. The summed E-state index contributed by atoms with van der Waals surface area (Å²) in [5, 5.41) is 16.8. The molecule has 0 amide bonds. The standard InChI is InChI=1S/C14H21N3O/c1-9-5-11(3-4-13(9)14(15)16)17(2)8-10-6-12(18)7-10/h3-5,10,12,18H,6-8H2,1-2H3,(H3,15,16). The van der Waals surface area contributed by atoms with Crippen molar-refractivity contribution in [2.45, 2.75) is 25.9 Å². The number of hydrogen-bond acceptors (Lipinski definition) is 3. The normalized spacial score (nSPS) is 22.4. The minimum absolute atomic E-state index is 0.0924. The molecule has 1 fully saturated rings. The molecule has 0 bridgehead atoms. The van der Waals surface area contributed by atoms with E-state index >= 15 is 0 Å². The molecule has 0 aliphatic heterocycles. The Balaban J connectivity index is 2.04. The van der Waals surface area contributed by atoms with Crippen molar-refractivity contribution in [3.63, 3.8) is 0 Å². The number of aliphatic hydroxyl groups excluding tert-OH is 1. The molecule has 1 aliphatic carbocycles. The third-order valence-electron chi connectivity index (χ3n) is 3.68. The fourth-order valence-corrected chi connectivity index (χ4v) is 2.53. The Morgan fingerprint density at radius 2 is 2.17 bits per heavy atom. The second-order valence-electron chi connectivity index (χ2n) is 5.28. The van der Waals surface area contributed by atoms with E-state index in [0.29, 0.717) is 5.92 Å². The number of anilines is 1. The van der Waals surface area contributed by atoms with Gasteiger partial charge in [0.1, 0.15) is 5.84 Å². The SMILES string of the molecule is Cc1cc(N(C)CC2CC(O)C2)ccc1C(=N)N. The Bertz CT molecular complexity index is 452. The number of benzene rings is 1. The number of nitrogens with zero attached hydrogens (tertiary/aromatic N) is 1. The van der Waals surface area contributed by atoms with Crippen LogP contribution < -0.4 is 10.6 Å². The van der Waals surface area contributed by atoms with Crippen molar-refractivity contribution in [1.29, 1.82) is 5.41 Å². The van der Waals surface area contributed by atoms with E-state index in [1.807, 2.05) is 19.1 Å². The molecule has 4 nitrogen and oxygen atoms in total. The first-order chi connectivity index (χ1) is 8.47. The number of nitrogen functional groups attached to an aromatic ring is 1. The van der Waals surface area contributed by atoms with Gasteiger partial charge in [-0.25, -0.2) is 0 Å². The van der Waals surface area contributed by atoms with Gasteiger partial charge < -0.3 is 15.7 Å². The van der Waals surface area contributed by atoms with Gasteiger partial charge in [-0.3, -0.25) is 5.41 Å². The molecule has 1 saturated carbocycles. The molecule has 1 aliphatic rings. The van der Waals surface area contributed by atoms with Gasteiger partial charge in [-0.15, -0.1) is 0 Å². The lowest BCUT2D eigenvalue weighted by atomic mass is 9.82. The molecule has 1 aromatic carbocycles. The predicted octanol–water partition coefficient (Wildman–Crippen LogP) is 1.49. The van der Waals surface area contributed by atoms with E-state index in [4.69, 9.17) is 11.1 Å². The summed E-state index contributed by atoms with van der Waals surface area (Å²) < 4.78 is 0. The van der Waals surface area contributed by atoms with Crippen LogP contribution in [0.5, 0.6) is 0 Å². The van der Waals surface area contributed by atoms with Crippen LogP contribution in [0.4, 0.5) is 5.69 Å². The van der Waals surface area contributed by atoms with Crippen LogP contribution in [0, 0.1) is 18.3 Å². The Kier molecular flexibility index (Phi) is 3.57. The van der Waals surface area contributed by atoms with Crippen molar-refractivity contribution in [2.24, 2.45) is 11.7 Å². The Morgan fingerprint density at radius 1 is 1.50 bits per heavy atom. The quantitative estimate of drug-likeness (QED) is 0.557. The zero-order chi connectivity index (χ0) is 13.3. The molecule has 0 atom stereocenters. The fraction of sp³-hybridized carbons (Fsp3) is 0.500. The maximum absolute atomic E-state index is 9.29. The summed E-state index contributed by atoms with van der Waals surface area (Å²) in [6.45, 7) is 2.94. The van der Waals surface area contributed by atoms with Crippen LogP contribution >= 0.6 is 0 Å². The van der Waals surface area contributed by atoms with Gasteiger partial charge in [-0.2, -0.15) is 0 Å². The summed E-state index contributed by atoms with van der Waals surface area (Å²) in [6.07, 6.45) is 1.73. The van der Waals surface area contributed by atoms with Gasteiger partial charge in [0.25, 0.3) is 0 Å². The molecule has 0 spiro atoms. The Morgan fingerprint density at radius 3 is 2.67 bits per heavy atom. The summed E-state index contributed by atoms with van der Waals surface area (Å²) in [5.74, 6) is 0.710. The van der Waals surface area contributed by atoms with Gasteiger partial charge in [0.2, 0.25) is 0 Å². The van der Waals surface area contributed by atoms with Gasteiger partial charge >= 0.3 is 0 Å². The lowest BCUT2D eigenvalue weighted by Gasteiger charge is -2.35. The Hall–Kier alpha value is -1.55. The number of nitrogens with two attached hydrogens (primary N) is 1. The number of amidine groups is 1. The second kappa shape index (κ2) is 4.98. The predicted molar refractivity (Wildman–Crippen MR) is 74.2 cm³/mol. The van der Waals surface area contributed by atoms with Crippen LogP contribution in [-0.4, -0.2) is 30.6 Å². The van der Waals surface area contributed by atoms with Crippen LogP contribution in [-0.2, 0) is 0 Å². The van der Waals surface area contributed by atoms with Crippen molar-refractivity contribution in [3.05, 3.63) is 29.3 Å². The van der Waals surface area contributed by atoms with E-state index in [-0.39, 0.29) is 11.9 Å². The zero-order valence-electron chi connectivity index (χ0n) is 11.0. The van der Waals surface area contributed by atoms with Gasteiger partial charge in [-0.1, -0.05) is 0 Å². The first-order valence-corrected chi connectivity index (χ1v) is 6.31. The summed E-state index contributed by atoms with van der Waals surface area (Å²) in [4.78, 5) is 2.20. The van der Waals surface area contributed by atoms with E-state index in [1.54, 1.807) is 0 Å². The smallest absolute Gasteiger partial charge is 0.123 e. The van der Waals surface area contributed by atoms with E-state index in [0.717, 1.165) is 36.2 Å². The number of hydrogen-bond donors (Lipinski definition) is 3. The van der Waals surface area contributed by atoms with Crippen LogP contribution in [0.15, 0.2) is 18.2 Å². The molecule has 4 heteroatoms. The number of aliphatic hydroxyl groups is 1. The molecule has 18 heavy (non-hydrogen) atoms.